The van der Waals surface area contributed by atoms with Crippen molar-refractivity contribution in [2.75, 3.05) is 0 Å². The van der Waals surface area contributed by atoms with Crippen LogP contribution in [0.5, 0.6) is 0 Å². The molecular formula is C22H32N4O7. The lowest BCUT2D eigenvalue weighted by Gasteiger charge is -2.26. The Morgan fingerprint density at radius 2 is 1.39 bits per heavy atom. The van der Waals surface area contributed by atoms with Gasteiger partial charge in [-0.3, -0.25) is 19.2 Å². The lowest BCUT2D eigenvalue weighted by Crippen LogP contribution is -2.58. The average Bonchev–Trinajstić information content (AvgIpc) is 2.73. The molecule has 0 radical (unpaired) electrons. The van der Waals surface area contributed by atoms with Crippen LogP contribution in [-0.2, 0) is 30.4 Å². The van der Waals surface area contributed by atoms with E-state index in [1.165, 1.54) is 6.92 Å². The fourth-order valence-electron chi connectivity index (χ4n) is 2.94. The van der Waals surface area contributed by atoms with Crippen LogP contribution in [0, 0.1) is 5.92 Å². The van der Waals surface area contributed by atoms with Crippen LogP contribution in [0.2, 0.25) is 0 Å². The van der Waals surface area contributed by atoms with Crippen molar-refractivity contribution >= 4 is 29.7 Å². The van der Waals surface area contributed by atoms with Crippen LogP contribution >= 0.6 is 0 Å². The molecular weight excluding hydrogens is 432 g/mol. The van der Waals surface area contributed by atoms with Crippen molar-refractivity contribution in [1.82, 2.24) is 16.0 Å². The number of amides is 3. The second-order valence-electron chi connectivity index (χ2n) is 8.10. The van der Waals surface area contributed by atoms with Crippen molar-refractivity contribution in [3.8, 4) is 0 Å². The molecule has 4 atom stereocenters. The highest BCUT2D eigenvalue weighted by Crippen LogP contribution is 2.08. The summed E-state index contributed by atoms with van der Waals surface area (Å²) >= 11 is 0. The average molecular weight is 465 g/mol. The summed E-state index contributed by atoms with van der Waals surface area (Å²) in [7, 11) is 0. The minimum absolute atomic E-state index is 0.0513. The molecule has 0 aliphatic carbocycles. The van der Waals surface area contributed by atoms with Gasteiger partial charge in [-0.15, -0.1) is 0 Å². The van der Waals surface area contributed by atoms with Gasteiger partial charge in [-0.05, 0) is 24.8 Å². The van der Waals surface area contributed by atoms with E-state index >= 15 is 0 Å². The van der Waals surface area contributed by atoms with Crippen molar-refractivity contribution in [3.63, 3.8) is 0 Å². The molecule has 182 valence electrons. The molecule has 0 saturated heterocycles. The monoisotopic (exact) mass is 464 g/mol. The van der Waals surface area contributed by atoms with Gasteiger partial charge in [0.2, 0.25) is 17.7 Å². The normalized spacial score (nSPS) is 14.5. The Balaban J connectivity index is 3.11. The zero-order chi connectivity index (χ0) is 25.1. The Morgan fingerprint density at radius 3 is 1.88 bits per heavy atom. The van der Waals surface area contributed by atoms with E-state index in [-0.39, 0.29) is 12.8 Å². The third kappa shape index (κ3) is 9.69. The van der Waals surface area contributed by atoms with Crippen LogP contribution in [0.3, 0.4) is 0 Å². The number of nitrogens with two attached hydrogens (primary N) is 1. The number of hydrogen-bond donors (Lipinski definition) is 6. The van der Waals surface area contributed by atoms with Gasteiger partial charge in [0.1, 0.15) is 18.1 Å². The summed E-state index contributed by atoms with van der Waals surface area (Å²) in [6.45, 7) is 4.68. The van der Waals surface area contributed by atoms with Gasteiger partial charge in [0.25, 0.3) is 0 Å². The van der Waals surface area contributed by atoms with Gasteiger partial charge in [-0.1, -0.05) is 44.2 Å². The van der Waals surface area contributed by atoms with Gasteiger partial charge >= 0.3 is 11.9 Å². The van der Waals surface area contributed by atoms with E-state index in [0.717, 1.165) is 0 Å². The smallest absolute Gasteiger partial charge is 0.326 e. The summed E-state index contributed by atoms with van der Waals surface area (Å²) in [5, 5.41) is 25.7. The SMILES string of the molecule is CC(N)C(=O)NC(CCC(=O)O)C(=O)NC(Cc1ccccc1)C(=O)NC(C(=O)O)C(C)C. The summed E-state index contributed by atoms with van der Waals surface area (Å²) in [6, 6.07) is 4.24. The zero-order valence-corrected chi connectivity index (χ0v) is 18.9. The number of rotatable bonds is 13. The summed E-state index contributed by atoms with van der Waals surface area (Å²) in [6.07, 6.45) is -0.569. The number of benzene rings is 1. The molecule has 0 heterocycles. The van der Waals surface area contributed by atoms with Gasteiger partial charge < -0.3 is 31.9 Å². The van der Waals surface area contributed by atoms with Gasteiger partial charge in [0.05, 0.1) is 6.04 Å². The third-order valence-corrected chi connectivity index (χ3v) is 4.84. The molecule has 33 heavy (non-hydrogen) atoms. The predicted octanol–water partition coefficient (Wildman–Crippen LogP) is -0.364. The summed E-state index contributed by atoms with van der Waals surface area (Å²) in [5.74, 6) is -4.94. The van der Waals surface area contributed by atoms with Crippen LogP contribution in [0.25, 0.3) is 0 Å². The Labute approximate surface area is 192 Å². The lowest BCUT2D eigenvalue weighted by atomic mass is 10.0. The minimum atomic E-state index is -1.24. The fraction of sp³-hybridized carbons (Fsp3) is 0.500. The van der Waals surface area contributed by atoms with Gasteiger partial charge in [-0.25, -0.2) is 4.79 Å². The molecule has 0 aliphatic heterocycles. The van der Waals surface area contributed by atoms with E-state index in [0.29, 0.717) is 5.56 Å². The molecule has 4 unspecified atom stereocenters. The fourth-order valence-corrected chi connectivity index (χ4v) is 2.94. The molecule has 1 aromatic carbocycles. The van der Waals surface area contributed by atoms with Gasteiger partial charge in [-0.2, -0.15) is 0 Å². The first-order chi connectivity index (χ1) is 15.4. The molecule has 11 heteroatoms. The van der Waals surface area contributed by atoms with Crippen molar-refractivity contribution in [2.45, 2.75) is 64.2 Å². The molecule has 7 N–H and O–H groups in total. The minimum Gasteiger partial charge on any atom is -0.481 e. The first kappa shape index (κ1) is 27.6. The Morgan fingerprint density at radius 1 is 0.848 bits per heavy atom. The standard InChI is InChI=1S/C22H32N4O7/c1-12(2)18(22(32)33)26-21(31)16(11-14-7-5-4-6-8-14)25-20(30)15(9-10-17(27)28)24-19(29)13(3)23/h4-8,12-13,15-16,18H,9-11,23H2,1-3H3,(H,24,29)(H,25,30)(H,26,31)(H,27,28)(H,32,33). The molecule has 0 saturated carbocycles. The van der Waals surface area contributed by atoms with Crippen molar-refractivity contribution < 1.29 is 34.2 Å². The quantitative estimate of drug-likeness (QED) is 0.228. The van der Waals surface area contributed by atoms with E-state index in [1.54, 1.807) is 44.2 Å². The Bertz CT molecular complexity index is 842. The second-order valence-corrected chi connectivity index (χ2v) is 8.10. The number of carbonyl (C=O) groups is 5. The first-order valence-electron chi connectivity index (χ1n) is 10.6. The molecule has 0 spiro atoms. The number of aliphatic carboxylic acids is 2. The first-order valence-corrected chi connectivity index (χ1v) is 10.6. The molecule has 0 fully saturated rings. The summed E-state index contributed by atoms with van der Waals surface area (Å²) in [5.41, 5.74) is 6.23. The molecule has 0 bridgehead atoms. The highest BCUT2D eigenvalue weighted by molar-refractivity contribution is 5.94. The molecule has 0 aromatic heterocycles. The molecule has 1 rings (SSSR count). The lowest BCUT2D eigenvalue weighted by molar-refractivity contribution is -0.143. The van der Waals surface area contributed by atoms with E-state index in [2.05, 4.69) is 16.0 Å². The second kappa shape index (κ2) is 13.2. The summed E-state index contributed by atoms with van der Waals surface area (Å²) < 4.78 is 0. The number of nitrogens with one attached hydrogen (secondary N) is 3. The van der Waals surface area contributed by atoms with Crippen LogP contribution in [0.4, 0.5) is 0 Å². The van der Waals surface area contributed by atoms with E-state index in [1.807, 2.05) is 0 Å². The summed E-state index contributed by atoms with van der Waals surface area (Å²) in [4.78, 5) is 60.3. The van der Waals surface area contributed by atoms with Crippen LogP contribution in [-0.4, -0.2) is 64.0 Å². The van der Waals surface area contributed by atoms with Crippen LogP contribution in [0.1, 0.15) is 39.2 Å². The topological polar surface area (TPSA) is 188 Å². The van der Waals surface area contributed by atoms with Crippen molar-refractivity contribution in [1.29, 1.82) is 0 Å². The maximum Gasteiger partial charge on any atom is 0.326 e. The maximum absolute atomic E-state index is 12.9. The molecule has 3 amide bonds. The van der Waals surface area contributed by atoms with Crippen LogP contribution < -0.4 is 21.7 Å². The third-order valence-electron chi connectivity index (χ3n) is 4.84. The van der Waals surface area contributed by atoms with Crippen molar-refractivity contribution in [2.24, 2.45) is 11.7 Å². The largest absolute Gasteiger partial charge is 0.481 e. The number of carboxylic acid groups (broad SMARTS) is 2. The highest BCUT2D eigenvalue weighted by atomic mass is 16.4. The van der Waals surface area contributed by atoms with Gasteiger partial charge in [0.15, 0.2) is 0 Å². The van der Waals surface area contributed by atoms with E-state index in [9.17, 15) is 29.1 Å². The Kier molecular flexibility index (Phi) is 11.0. The Hall–Kier alpha value is -3.47. The van der Waals surface area contributed by atoms with Crippen molar-refractivity contribution in [3.05, 3.63) is 35.9 Å². The number of carbonyl (C=O) groups excluding carboxylic acids is 3. The molecule has 1 aromatic rings. The zero-order valence-electron chi connectivity index (χ0n) is 18.9. The highest BCUT2D eigenvalue weighted by Gasteiger charge is 2.31. The maximum atomic E-state index is 12.9. The molecule has 11 nitrogen and oxygen atoms in total. The predicted molar refractivity (Wildman–Crippen MR) is 119 cm³/mol. The number of carboxylic acids is 2. The van der Waals surface area contributed by atoms with E-state index in [4.69, 9.17) is 10.8 Å². The number of hydrogen-bond acceptors (Lipinski definition) is 6. The van der Waals surface area contributed by atoms with Gasteiger partial charge in [0, 0.05) is 12.8 Å². The van der Waals surface area contributed by atoms with Crippen LogP contribution in [0.15, 0.2) is 30.3 Å². The molecule has 0 aliphatic rings. The van der Waals surface area contributed by atoms with E-state index < -0.39 is 66.2 Å².